The SMILES string of the molecule is Cc1oc2ncn(CC(C)C)c(=O)c2c1C(=O)NCC1CCCO1. The highest BCUT2D eigenvalue weighted by molar-refractivity contribution is 6.06. The van der Waals surface area contributed by atoms with Crippen LogP contribution in [0.5, 0.6) is 0 Å². The summed E-state index contributed by atoms with van der Waals surface area (Å²) in [5.41, 5.74) is 0.242. The smallest absolute Gasteiger partial charge is 0.265 e. The van der Waals surface area contributed by atoms with Crippen molar-refractivity contribution in [3.8, 4) is 0 Å². The fourth-order valence-electron chi connectivity index (χ4n) is 3.03. The Morgan fingerprint density at radius 3 is 2.96 bits per heavy atom. The number of furan rings is 1. The average molecular weight is 333 g/mol. The predicted molar refractivity (Wildman–Crippen MR) is 89.2 cm³/mol. The van der Waals surface area contributed by atoms with E-state index in [9.17, 15) is 9.59 Å². The maximum atomic E-state index is 12.7. The number of fused-ring (bicyclic) bond motifs is 1. The van der Waals surface area contributed by atoms with E-state index in [1.54, 1.807) is 6.92 Å². The maximum Gasteiger partial charge on any atom is 0.265 e. The van der Waals surface area contributed by atoms with Crippen LogP contribution < -0.4 is 10.9 Å². The quantitative estimate of drug-likeness (QED) is 0.902. The standard InChI is InChI=1S/C17H23N3O4/c1-10(2)8-20-9-19-16-14(17(20)22)13(11(3)24-16)15(21)18-7-12-5-4-6-23-12/h9-10,12H,4-8H2,1-3H3,(H,18,21). The van der Waals surface area contributed by atoms with E-state index in [4.69, 9.17) is 9.15 Å². The number of aryl methyl sites for hydroxylation is 1. The van der Waals surface area contributed by atoms with Gasteiger partial charge in [0.2, 0.25) is 5.71 Å². The Hall–Kier alpha value is -2.15. The highest BCUT2D eigenvalue weighted by atomic mass is 16.5. The predicted octanol–water partition coefficient (Wildman–Crippen LogP) is 1.86. The van der Waals surface area contributed by atoms with Gasteiger partial charge < -0.3 is 14.5 Å². The van der Waals surface area contributed by atoms with Crippen LogP contribution in [0, 0.1) is 12.8 Å². The average Bonchev–Trinajstić information content (AvgIpc) is 3.14. The van der Waals surface area contributed by atoms with Crippen LogP contribution in [0.15, 0.2) is 15.5 Å². The lowest BCUT2D eigenvalue weighted by molar-refractivity contribution is 0.0857. The second-order valence-corrected chi connectivity index (χ2v) is 6.65. The van der Waals surface area contributed by atoms with E-state index in [0.717, 1.165) is 19.4 Å². The van der Waals surface area contributed by atoms with Crippen molar-refractivity contribution in [1.82, 2.24) is 14.9 Å². The van der Waals surface area contributed by atoms with Crippen molar-refractivity contribution >= 4 is 17.0 Å². The third-order valence-corrected chi connectivity index (χ3v) is 4.16. The minimum absolute atomic E-state index is 0.0446. The van der Waals surface area contributed by atoms with Crippen LogP contribution in [0.1, 0.15) is 42.8 Å². The summed E-state index contributed by atoms with van der Waals surface area (Å²) in [5, 5.41) is 3.10. The molecule has 0 aliphatic carbocycles. The van der Waals surface area contributed by atoms with Gasteiger partial charge in [0.25, 0.3) is 11.5 Å². The van der Waals surface area contributed by atoms with E-state index in [2.05, 4.69) is 10.3 Å². The molecule has 1 unspecified atom stereocenters. The maximum absolute atomic E-state index is 12.7. The van der Waals surface area contributed by atoms with Gasteiger partial charge in [-0.3, -0.25) is 14.2 Å². The van der Waals surface area contributed by atoms with Crippen LogP contribution in [-0.4, -0.2) is 34.7 Å². The molecular weight excluding hydrogens is 310 g/mol. The molecule has 0 spiro atoms. The van der Waals surface area contributed by atoms with Crippen LogP contribution in [-0.2, 0) is 11.3 Å². The second-order valence-electron chi connectivity index (χ2n) is 6.65. The van der Waals surface area contributed by atoms with Crippen molar-refractivity contribution in [2.45, 2.75) is 46.3 Å². The molecule has 1 aliphatic rings. The topological polar surface area (TPSA) is 86.4 Å². The number of rotatable bonds is 5. The third-order valence-electron chi connectivity index (χ3n) is 4.16. The van der Waals surface area contributed by atoms with Crippen molar-refractivity contribution in [3.63, 3.8) is 0 Å². The molecule has 0 radical (unpaired) electrons. The Morgan fingerprint density at radius 2 is 2.29 bits per heavy atom. The largest absolute Gasteiger partial charge is 0.442 e. The number of nitrogens with one attached hydrogen (secondary N) is 1. The molecule has 0 saturated carbocycles. The molecule has 7 nitrogen and oxygen atoms in total. The van der Waals surface area contributed by atoms with E-state index < -0.39 is 0 Å². The first-order valence-corrected chi connectivity index (χ1v) is 8.35. The lowest BCUT2D eigenvalue weighted by atomic mass is 10.1. The van der Waals surface area contributed by atoms with Crippen molar-refractivity contribution in [2.75, 3.05) is 13.2 Å². The minimum atomic E-state index is -0.317. The number of ether oxygens (including phenoxy) is 1. The lowest BCUT2D eigenvalue weighted by Crippen LogP contribution is -2.33. The van der Waals surface area contributed by atoms with E-state index in [1.165, 1.54) is 10.9 Å². The van der Waals surface area contributed by atoms with Gasteiger partial charge in [0.1, 0.15) is 17.5 Å². The van der Waals surface area contributed by atoms with Crippen molar-refractivity contribution < 1.29 is 13.9 Å². The number of nitrogens with zero attached hydrogens (tertiary/aromatic N) is 2. The van der Waals surface area contributed by atoms with E-state index in [-0.39, 0.29) is 34.2 Å². The van der Waals surface area contributed by atoms with Crippen molar-refractivity contribution in [2.24, 2.45) is 5.92 Å². The van der Waals surface area contributed by atoms with Gasteiger partial charge in [-0.15, -0.1) is 0 Å². The van der Waals surface area contributed by atoms with Crippen LogP contribution in [0.2, 0.25) is 0 Å². The summed E-state index contributed by atoms with van der Waals surface area (Å²) >= 11 is 0. The molecule has 1 atom stereocenters. The summed E-state index contributed by atoms with van der Waals surface area (Å²) in [6.45, 7) is 7.43. The molecule has 3 heterocycles. The Morgan fingerprint density at radius 1 is 1.50 bits per heavy atom. The molecule has 2 aromatic heterocycles. The van der Waals surface area contributed by atoms with Gasteiger partial charge in [-0.25, -0.2) is 4.98 Å². The van der Waals surface area contributed by atoms with Gasteiger partial charge in [-0.1, -0.05) is 13.8 Å². The number of aromatic nitrogens is 2. The molecule has 1 aliphatic heterocycles. The summed E-state index contributed by atoms with van der Waals surface area (Å²) in [4.78, 5) is 29.5. The fraction of sp³-hybridized carbons (Fsp3) is 0.588. The molecule has 0 aromatic carbocycles. The Kier molecular flexibility index (Phi) is 4.71. The zero-order chi connectivity index (χ0) is 17.3. The highest BCUT2D eigenvalue weighted by Gasteiger charge is 2.24. The number of hydrogen-bond acceptors (Lipinski definition) is 5. The van der Waals surface area contributed by atoms with Crippen LogP contribution in [0.4, 0.5) is 0 Å². The molecular formula is C17H23N3O4. The molecule has 24 heavy (non-hydrogen) atoms. The molecule has 1 fully saturated rings. The summed E-state index contributed by atoms with van der Waals surface area (Å²) in [5.74, 6) is 0.386. The summed E-state index contributed by atoms with van der Waals surface area (Å²) in [6.07, 6.45) is 3.47. The number of amides is 1. The Balaban J connectivity index is 1.92. The molecule has 3 rings (SSSR count). The first-order chi connectivity index (χ1) is 11.5. The zero-order valence-electron chi connectivity index (χ0n) is 14.3. The lowest BCUT2D eigenvalue weighted by Gasteiger charge is -2.11. The molecule has 7 heteroatoms. The first-order valence-electron chi connectivity index (χ1n) is 8.35. The fourth-order valence-corrected chi connectivity index (χ4v) is 3.03. The summed E-state index contributed by atoms with van der Waals surface area (Å²) in [7, 11) is 0. The summed E-state index contributed by atoms with van der Waals surface area (Å²) < 4.78 is 12.6. The van der Waals surface area contributed by atoms with Gasteiger partial charge in [-0.2, -0.15) is 0 Å². The second kappa shape index (κ2) is 6.76. The number of hydrogen-bond donors (Lipinski definition) is 1. The van der Waals surface area contributed by atoms with Gasteiger partial charge in [0, 0.05) is 19.7 Å². The molecule has 2 aromatic rings. The molecule has 0 bridgehead atoms. The first kappa shape index (κ1) is 16.7. The van der Waals surface area contributed by atoms with Crippen LogP contribution in [0.3, 0.4) is 0 Å². The normalized spacial score (nSPS) is 17.8. The monoisotopic (exact) mass is 333 g/mol. The van der Waals surface area contributed by atoms with Gasteiger partial charge >= 0.3 is 0 Å². The van der Waals surface area contributed by atoms with Crippen molar-refractivity contribution in [1.29, 1.82) is 0 Å². The van der Waals surface area contributed by atoms with Crippen LogP contribution >= 0.6 is 0 Å². The highest BCUT2D eigenvalue weighted by Crippen LogP contribution is 2.21. The van der Waals surface area contributed by atoms with Gasteiger partial charge in [0.05, 0.1) is 11.7 Å². The van der Waals surface area contributed by atoms with Crippen LogP contribution in [0.25, 0.3) is 11.1 Å². The Labute approximate surface area is 140 Å². The Bertz CT molecular complexity index is 800. The number of carbonyl (C=O) groups excluding carboxylic acids is 1. The van der Waals surface area contributed by atoms with Crippen molar-refractivity contribution in [3.05, 3.63) is 28.0 Å². The van der Waals surface area contributed by atoms with E-state index in [1.807, 2.05) is 13.8 Å². The number of carbonyl (C=O) groups is 1. The molecule has 1 amide bonds. The van der Waals surface area contributed by atoms with E-state index in [0.29, 0.717) is 24.8 Å². The van der Waals surface area contributed by atoms with E-state index >= 15 is 0 Å². The molecule has 130 valence electrons. The molecule has 1 saturated heterocycles. The third kappa shape index (κ3) is 3.21. The van der Waals surface area contributed by atoms with Gasteiger partial charge in [0.15, 0.2) is 0 Å². The summed E-state index contributed by atoms with van der Waals surface area (Å²) in [6, 6.07) is 0. The molecule has 1 N–H and O–H groups in total. The zero-order valence-corrected chi connectivity index (χ0v) is 14.3. The van der Waals surface area contributed by atoms with Gasteiger partial charge in [-0.05, 0) is 25.7 Å². The minimum Gasteiger partial charge on any atom is -0.442 e.